The zero-order valence-corrected chi connectivity index (χ0v) is 33.3. The Morgan fingerprint density at radius 2 is 0.944 bits per heavy atom. The van der Waals surface area contributed by atoms with E-state index in [-0.39, 0.29) is 27.6 Å². The number of fused-ring (bicyclic) bond motifs is 1. The van der Waals surface area contributed by atoms with E-state index in [4.69, 9.17) is 9.47 Å². The molecule has 0 saturated carbocycles. The van der Waals surface area contributed by atoms with Crippen LogP contribution in [0.25, 0.3) is 10.8 Å². The summed E-state index contributed by atoms with van der Waals surface area (Å²) in [6.07, 6.45) is 1.82. The monoisotopic (exact) mass is 828 g/mol. The Balaban J connectivity index is 1.90. The maximum atomic E-state index is 13.6. The molecule has 0 bridgehead atoms. The lowest BCUT2D eigenvalue weighted by molar-refractivity contribution is 0.0767. The molecule has 0 aromatic heterocycles. The van der Waals surface area contributed by atoms with Crippen molar-refractivity contribution in [2.45, 2.75) is 97.8 Å². The molecule has 0 aliphatic rings. The van der Waals surface area contributed by atoms with Gasteiger partial charge in [0.2, 0.25) is 0 Å². The Morgan fingerprint density at radius 3 is 1.39 bits per heavy atom. The molecule has 4 aromatic carbocycles. The van der Waals surface area contributed by atoms with Gasteiger partial charge in [0.05, 0.1) is 4.90 Å². The standard InChI is InChI=1S/C35H40O15S4/c1-7-34(5,8-2)25-13-11-21(17-29(25)51(37,38)39)33(36)22-12-14-26(30(18-22)52(40,41)42)49-27-15-23-20-32(54(46,47)48)28(50-35(6,9-3)10-4)16-24(23)19-31(27)53(43,44)45/h11-20H,7-10H2,1-6H3,(H,37,38,39)(H,40,41,42)(H,43,44,45)(H,46,47,48). The molecule has 0 unspecified atom stereocenters. The first-order chi connectivity index (χ1) is 24.7. The molecule has 4 rings (SSSR count). The summed E-state index contributed by atoms with van der Waals surface area (Å²) in [4.78, 5) is 10.4. The third-order valence-electron chi connectivity index (χ3n) is 9.81. The second kappa shape index (κ2) is 14.9. The van der Waals surface area contributed by atoms with Crippen molar-refractivity contribution in [1.29, 1.82) is 0 Å². The Kier molecular flexibility index (Phi) is 11.8. The molecule has 0 radical (unpaired) electrons. The summed E-state index contributed by atoms with van der Waals surface area (Å²) in [6.45, 7) is 10.7. The van der Waals surface area contributed by atoms with E-state index in [1.54, 1.807) is 27.7 Å². The quantitative estimate of drug-likeness (QED) is 0.0703. The molecule has 54 heavy (non-hydrogen) atoms. The Bertz CT molecular complexity index is 2590. The molecule has 15 nitrogen and oxygen atoms in total. The van der Waals surface area contributed by atoms with Gasteiger partial charge in [-0.15, -0.1) is 0 Å². The van der Waals surface area contributed by atoms with Crippen LogP contribution in [0.1, 0.15) is 88.7 Å². The number of carbonyl (C=O) groups is 1. The van der Waals surface area contributed by atoms with Crippen molar-refractivity contribution >= 4 is 57.0 Å². The van der Waals surface area contributed by atoms with Gasteiger partial charge in [0.15, 0.2) is 5.78 Å². The van der Waals surface area contributed by atoms with Gasteiger partial charge >= 0.3 is 0 Å². The maximum Gasteiger partial charge on any atom is 0.298 e. The molecular formula is C35H40O15S4. The smallest absolute Gasteiger partial charge is 0.298 e. The molecule has 0 aliphatic carbocycles. The normalized spacial score (nSPS) is 13.2. The summed E-state index contributed by atoms with van der Waals surface area (Å²) in [5.41, 5.74) is -2.00. The number of ether oxygens (including phenoxy) is 2. The van der Waals surface area contributed by atoms with E-state index in [1.165, 1.54) is 12.1 Å². The number of rotatable bonds is 15. The van der Waals surface area contributed by atoms with Crippen molar-refractivity contribution in [3.63, 3.8) is 0 Å². The van der Waals surface area contributed by atoms with Gasteiger partial charge in [0, 0.05) is 11.1 Å². The molecular weight excluding hydrogens is 789 g/mol. The van der Waals surface area contributed by atoms with Crippen molar-refractivity contribution < 1.29 is 66.2 Å². The minimum absolute atomic E-state index is 0.00338. The topological polar surface area (TPSA) is 253 Å². The van der Waals surface area contributed by atoms with Gasteiger partial charge in [-0.2, -0.15) is 33.7 Å². The van der Waals surface area contributed by atoms with Gasteiger partial charge in [0.1, 0.15) is 37.5 Å². The highest BCUT2D eigenvalue weighted by Crippen LogP contribution is 2.41. The third-order valence-corrected chi connectivity index (χ3v) is 13.3. The van der Waals surface area contributed by atoms with Gasteiger partial charge in [-0.25, -0.2) is 0 Å². The van der Waals surface area contributed by atoms with Crippen molar-refractivity contribution in [3.05, 3.63) is 77.4 Å². The molecule has 0 atom stereocenters. The second-order valence-electron chi connectivity index (χ2n) is 13.2. The van der Waals surface area contributed by atoms with Gasteiger partial charge in [-0.3, -0.25) is 23.0 Å². The largest absolute Gasteiger partial charge is 0.486 e. The zero-order chi connectivity index (χ0) is 40.8. The third kappa shape index (κ3) is 8.94. The molecule has 0 amide bonds. The van der Waals surface area contributed by atoms with Crippen molar-refractivity contribution in [3.8, 4) is 17.2 Å². The lowest BCUT2D eigenvalue weighted by Gasteiger charge is -2.29. The van der Waals surface area contributed by atoms with E-state index >= 15 is 0 Å². The minimum atomic E-state index is -5.26. The number of carbonyl (C=O) groups excluding carboxylic acids is 1. The van der Waals surface area contributed by atoms with Crippen LogP contribution in [0, 0.1) is 0 Å². The van der Waals surface area contributed by atoms with Crippen LogP contribution in [0.2, 0.25) is 0 Å². The molecule has 0 heterocycles. The fourth-order valence-electron chi connectivity index (χ4n) is 5.72. The van der Waals surface area contributed by atoms with Crippen LogP contribution < -0.4 is 9.47 Å². The molecule has 19 heteroatoms. The summed E-state index contributed by atoms with van der Waals surface area (Å²) in [5.74, 6) is -2.74. The summed E-state index contributed by atoms with van der Waals surface area (Å²) in [7, 11) is -20.2. The summed E-state index contributed by atoms with van der Waals surface area (Å²) < 4.78 is 152. The zero-order valence-electron chi connectivity index (χ0n) is 30.0. The molecule has 0 spiro atoms. The second-order valence-corrected chi connectivity index (χ2v) is 18.7. The Hall–Kier alpha value is -3.95. The van der Waals surface area contributed by atoms with Gasteiger partial charge in [-0.1, -0.05) is 46.8 Å². The van der Waals surface area contributed by atoms with Gasteiger partial charge in [-0.05, 0) is 103 Å². The van der Waals surface area contributed by atoms with Crippen molar-refractivity contribution in [2.24, 2.45) is 0 Å². The van der Waals surface area contributed by atoms with Crippen LogP contribution in [-0.4, -0.2) is 63.3 Å². The highest BCUT2D eigenvalue weighted by molar-refractivity contribution is 7.86. The first-order valence-corrected chi connectivity index (χ1v) is 22.2. The van der Waals surface area contributed by atoms with Crippen LogP contribution >= 0.6 is 0 Å². The van der Waals surface area contributed by atoms with Gasteiger partial charge < -0.3 is 9.47 Å². The van der Waals surface area contributed by atoms with Crippen LogP contribution in [0.4, 0.5) is 0 Å². The molecule has 0 aliphatic heterocycles. The molecule has 4 N–H and O–H groups in total. The number of hydrogen-bond donors (Lipinski definition) is 4. The van der Waals surface area contributed by atoms with E-state index in [1.807, 2.05) is 13.8 Å². The molecule has 294 valence electrons. The highest BCUT2D eigenvalue weighted by Gasteiger charge is 2.32. The SMILES string of the molecule is CCC(C)(CC)Oc1cc2cc(S(=O)(=O)O)c(Oc3ccc(C(=O)c4ccc(C(C)(CC)CC)c(S(=O)(=O)O)c4)cc3S(=O)(=O)O)cc2cc1S(=O)(=O)O. The lowest BCUT2D eigenvalue weighted by Crippen LogP contribution is -2.31. The van der Waals surface area contributed by atoms with E-state index in [0.29, 0.717) is 31.7 Å². The highest BCUT2D eigenvalue weighted by atomic mass is 32.2. The Labute approximate surface area is 314 Å². The predicted molar refractivity (Wildman–Crippen MR) is 197 cm³/mol. The van der Waals surface area contributed by atoms with Crippen LogP contribution in [0.3, 0.4) is 0 Å². The first-order valence-electron chi connectivity index (χ1n) is 16.4. The average Bonchev–Trinajstić information content (AvgIpc) is 3.08. The van der Waals surface area contributed by atoms with E-state index < -0.39 is 93.9 Å². The molecule has 4 aromatic rings. The van der Waals surface area contributed by atoms with E-state index in [9.17, 15) is 56.7 Å². The first kappa shape index (κ1) is 42.8. The molecule has 0 saturated heterocycles. The van der Waals surface area contributed by atoms with Crippen LogP contribution in [0.5, 0.6) is 17.2 Å². The predicted octanol–water partition coefficient (Wildman–Crippen LogP) is 6.89. The summed E-state index contributed by atoms with van der Waals surface area (Å²) >= 11 is 0. The van der Waals surface area contributed by atoms with Crippen molar-refractivity contribution in [2.75, 3.05) is 0 Å². The molecule has 0 fully saturated rings. The maximum absolute atomic E-state index is 13.6. The minimum Gasteiger partial charge on any atom is -0.486 e. The van der Waals surface area contributed by atoms with Crippen LogP contribution in [-0.2, 0) is 45.9 Å². The number of hydrogen-bond acceptors (Lipinski definition) is 11. The summed E-state index contributed by atoms with van der Waals surface area (Å²) in [6, 6.07) is 10.1. The Morgan fingerprint density at radius 1 is 0.537 bits per heavy atom. The van der Waals surface area contributed by atoms with E-state index in [2.05, 4.69) is 0 Å². The average molecular weight is 829 g/mol. The van der Waals surface area contributed by atoms with Gasteiger partial charge in [0.25, 0.3) is 40.5 Å². The van der Waals surface area contributed by atoms with Crippen LogP contribution in [0.15, 0.2) is 80.2 Å². The lowest BCUT2D eigenvalue weighted by atomic mass is 9.77. The van der Waals surface area contributed by atoms with E-state index in [0.717, 1.165) is 42.5 Å². The fourth-order valence-corrected chi connectivity index (χ4v) is 8.49. The number of benzene rings is 4. The van der Waals surface area contributed by atoms with Crippen molar-refractivity contribution in [1.82, 2.24) is 0 Å². The summed E-state index contributed by atoms with van der Waals surface area (Å²) in [5, 5.41) is -0.0797. The fraction of sp³-hybridized carbons (Fsp3) is 0.343. The number of ketones is 1.